The Kier molecular flexibility index (Phi) is 4.77. The molecule has 0 aliphatic heterocycles. The summed E-state index contributed by atoms with van der Waals surface area (Å²) in [4.78, 5) is 12.4. The molecule has 1 atom stereocenters. The number of halogens is 1. The van der Waals surface area contributed by atoms with Crippen molar-refractivity contribution in [2.24, 2.45) is 0 Å². The summed E-state index contributed by atoms with van der Waals surface area (Å²) in [5.41, 5.74) is 1.18. The zero-order valence-corrected chi connectivity index (χ0v) is 16.3. The van der Waals surface area contributed by atoms with E-state index in [4.69, 9.17) is 0 Å². The smallest absolute Gasteiger partial charge is 0.250 e. The van der Waals surface area contributed by atoms with Crippen molar-refractivity contribution in [3.63, 3.8) is 0 Å². The summed E-state index contributed by atoms with van der Waals surface area (Å²) >= 11 is 3.34. The number of anilines is 1. The zero-order chi connectivity index (χ0) is 18.8. The van der Waals surface area contributed by atoms with Crippen LogP contribution in [0.1, 0.15) is 18.5 Å². The first-order chi connectivity index (χ1) is 13.1. The highest BCUT2D eigenvalue weighted by molar-refractivity contribution is 9.10. The highest BCUT2D eigenvalue weighted by Gasteiger charge is 2.17. The van der Waals surface area contributed by atoms with Crippen LogP contribution < -0.4 is 5.32 Å². The topological polar surface area (TPSA) is 64.7 Å². The Bertz CT molecular complexity index is 1100. The van der Waals surface area contributed by atoms with Crippen LogP contribution in [-0.2, 0) is 11.3 Å². The third kappa shape index (κ3) is 3.78. The highest BCUT2D eigenvalue weighted by atomic mass is 79.9. The minimum atomic E-state index is -0.431. The minimum Gasteiger partial charge on any atom is -0.307 e. The van der Waals surface area contributed by atoms with E-state index in [9.17, 15) is 4.79 Å². The van der Waals surface area contributed by atoms with Crippen LogP contribution in [0, 0.1) is 0 Å². The Morgan fingerprint density at radius 3 is 2.81 bits per heavy atom. The molecule has 1 N–H and O–H groups in total. The highest BCUT2D eigenvalue weighted by Crippen LogP contribution is 2.20. The predicted molar refractivity (Wildman–Crippen MR) is 109 cm³/mol. The molecule has 2 aromatic carbocycles. The Morgan fingerprint density at radius 2 is 2.00 bits per heavy atom. The number of hydrogen-bond donors (Lipinski definition) is 1. The van der Waals surface area contributed by atoms with E-state index in [2.05, 4.69) is 55.7 Å². The monoisotopic (exact) mass is 423 g/mol. The summed E-state index contributed by atoms with van der Waals surface area (Å²) in [7, 11) is 0. The van der Waals surface area contributed by atoms with Gasteiger partial charge in [0, 0.05) is 18.5 Å². The van der Waals surface area contributed by atoms with E-state index < -0.39 is 6.04 Å². The molecule has 27 heavy (non-hydrogen) atoms. The molecule has 0 spiro atoms. The van der Waals surface area contributed by atoms with Crippen molar-refractivity contribution in [3.05, 3.63) is 77.2 Å². The number of amides is 1. The lowest BCUT2D eigenvalue weighted by atomic mass is 10.0. The standard InChI is InChI=1S/C20H18BrN5O/c1-14(26-13-17(21)11-22-26)20(27)23-19-9-10-25(24-19)12-16-7-4-6-15-5-2-3-8-18(15)16/h2-11,13-14H,12H2,1H3,(H,23,24,27). The fraction of sp³-hybridized carbons (Fsp3) is 0.150. The average molecular weight is 424 g/mol. The van der Waals surface area contributed by atoms with Crippen molar-refractivity contribution in [2.75, 3.05) is 5.32 Å². The van der Waals surface area contributed by atoms with Gasteiger partial charge in [0.25, 0.3) is 0 Å². The summed E-state index contributed by atoms with van der Waals surface area (Å²) in [6, 6.07) is 15.9. The van der Waals surface area contributed by atoms with E-state index in [1.807, 2.05) is 29.1 Å². The van der Waals surface area contributed by atoms with Crippen LogP contribution in [0.5, 0.6) is 0 Å². The summed E-state index contributed by atoms with van der Waals surface area (Å²) in [5.74, 6) is 0.360. The van der Waals surface area contributed by atoms with Crippen molar-refractivity contribution in [2.45, 2.75) is 19.5 Å². The SMILES string of the molecule is CC(C(=O)Nc1ccn(Cc2cccc3ccccc23)n1)n1cc(Br)cn1. The van der Waals surface area contributed by atoms with Gasteiger partial charge in [0.05, 0.1) is 17.2 Å². The second-order valence-corrected chi connectivity index (χ2v) is 7.26. The molecule has 0 aliphatic carbocycles. The van der Waals surface area contributed by atoms with Gasteiger partial charge in [0.1, 0.15) is 6.04 Å². The molecule has 0 saturated carbocycles. The summed E-state index contributed by atoms with van der Waals surface area (Å²) in [5, 5.41) is 13.9. The quantitative estimate of drug-likeness (QED) is 0.521. The number of benzene rings is 2. The van der Waals surface area contributed by atoms with Gasteiger partial charge in [-0.1, -0.05) is 42.5 Å². The van der Waals surface area contributed by atoms with Crippen LogP contribution in [0.15, 0.2) is 71.6 Å². The van der Waals surface area contributed by atoms with E-state index in [1.54, 1.807) is 30.1 Å². The second-order valence-electron chi connectivity index (χ2n) is 6.34. The third-order valence-corrected chi connectivity index (χ3v) is 4.86. The maximum absolute atomic E-state index is 12.4. The fourth-order valence-corrected chi connectivity index (χ4v) is 3.30. The van der Waals surface area contributed by atoms with Crippen molar-refractivity contribution in [1.29, 1.82) is 0 Å². The molecule has 7 heteroatoms. The number of rotatable bonds is 5. The van der Waals surface area contributed by atoms with Crippen LogP contribution in [0.3, 0.4) is 0 Å². The maximum atomic E-state index is 12.4. The number of carbonyl (C=O) groups excluding carboxylic acids is 1. The summed E-state index contributed by atoms with van der Waals surface area (Å²) < 4.78 is 4.26. The molecule has 4 aromatic rings. The van der Waals surface area contributed by atoms with E-state index in [0.29, 0.717) is 12.4 Å². The van der Waals surface area contributed by atoms with E-state index in [1.165, 1.54) is 16.3 Å². The molecule has 0 aliphatic rings. The Balaban J connectivity index is 1.48. The maximum Gasteiger partial charge on any atom is 0.250 e. The first kappa shape index (κ1) is 17.5. The molecule has 136 valence electrons. The van der Waals surface area contributed by atoms with Gasteiger partial charge < -0.3 is 5.32 Å². The first-order valence-corrected chi connectivity index (χ1v) is 9.40. The van der Waals surface area contributed by atoms with Crippen LogP contribution >= 0.6 is 15.9 Å². The first-order valence-electron chi connectivity index (χ1n) is 8.61. The Hall–Kier alpha value is -2.93. The van der Waals surface area contributed by atoms with Crippen molar-refractivity contribution in [1.82, 2.24) is 19.6 Å². The second kappa shape index (κ2) is 7.36. The Labute approximate surface area is 164 Å². The minimum absolute atomic E-state index is 0.166. The van der Waals surface area contributed by atoms with Crippen molar-refractivity contribution in [3.8, 4) is 0 Å². The number of hydrogen-bond acceptors (Lipinski definition) is 3. The molecule has 0 bridgehead atoms. The molecular formula is C20H18BrN5O. The summed E-state index contributed by atoms with van der Waals surface area (Å²) in [6.45, 7) is 2.43. The lowest BCUT2D eigenvalue weighted by Crippen LogP contribution is -2.24. The predicted octanol–water partition coefficient (Wildman–Crippen LogP) is 4.24. The molecule has 4 rings (SSSR count). The van der Waals surface area contributed by atoms with Crippen LogP contribution in [0.2, 0.25) is 0 Å². The van der Waals surface area contributed by atoms with Gasteiger partial charge in [-0.25, -0.2) is 0 Å². The molecular weight excluding hydrogens is 406 g/mol. The van der Waals surface area contributed by atoms with Gasteiger partial charge in [0.2, 0.25) is 5.91 Å². The fourth-order valence-electron chi connectivity index (χ4n) is 3.00. The molecule has 0 fully saturated rings. The van der Waals surface area contributed by atoms with Crippen molar-refractivity contribution < 1.29 is 4.79 Å². The van der Waals surface area contributed by atoms with Crippen molar-refractivity contribution >= 4 is 38.4 Å². The largest absolute Gasteiger partial charge is 0.307 e. The number of carbonyl (C=O) groups is 1. The molecule has 0 radical (unpaired) electrons. The lowest BCUT2D eigenvalue weighted by Gasteiger charge is -2.11. The lowest BCUT2D eigenvalue weighted by molar-refractivity contribution is -0.119. The van der Waals surface area contributed by atoms with Crippen LogP contribution in [-0.4, -0.2) is 25.5 Å². The van der Waals surface area contributed by atoms with Crippen LogP contribution in [0.25, 0.3) is 10.8 Å². The summed E-state index contributed by atoms with van der Waals surface area (Å²) in [6.07, 6.45) is 5.29. The number of aromatic nitrogens is 4. The molecule has 1 unspecified atom stereocenters. The third-order valence-electron chi connectivity index (χ3n) is 4.45. The van der Waals surface area contributed by atoms with Crippen LogP contribution in [0.4, 0.5) is 5.82 Å². The molecule has 2 aromatic heterocycles. The number of nitrogens with one attached hydrogen (secondary N) is 1. The van der Waals surface area contributed by atoms with E-state index >= 15 is 0 Å². The molecule has 2 heterocycles. The molecule has 6 nitrogen and oxygen atoms in total. The van der Waals surface area contributed by atoms with Gasteiger partial charge in [-0.15, -0.1) is 0 Å². The number of nitrogens with zero attached hydrogens (tertiary/aromatic N) is 4. The van der Waals surface area contributed by atoms with E-state index in [-0.39, 0.29) is 5.91 Å². The normalized spacial score (nSPS) is 12.2. The number of fused-ring (bicyclic) bond motifs is 1. The van der Waals surface area contributed by atoms with E-state index in [0.717, 1.165) is 4.47 Å². The van der Waals surface area contributed by atoms with Gasteiger partial charge in [0.15, 0.2) is 5.82 Å². The Morgan fingerprint density at radius 1 is 1.19 bits per heavy atom. The average Bonchev–Trinajstić information content (AvgIpc) is 3.30. The van der Waals surface area contributed by atoms with Gasteiger partial charge >= 0.3 is 0 Å². The zero-order valence-electron chi connectivity index (χ0n) is 14.7. The van der Waals surface area contributed by atoms with Gasteiger partial charge in [-0.3, -0.25) is 14.2 Å². The van der Waals surface area contributed by atoms with Gasteiger partial charge in [-0.2, -0.15) is 10.2 Å². The van der Waals surface area contributed by atoms with Gasteiger partial charge in [-0.05, 0) is 39.2 Å². The molecule has 0 saturated heterocycles. The molecule has 1 amide bonds.